The standard InChI is InChI=1S/C70H119NO18/c1-3-5-7-9-11-13-15-17-19-20-21-22-23-24-25-26-27-28-29-30-31-32-34-35-37-39-41-43-45-47-54(75)53(71-58(76)48-46-44-42-40-38-36-33-18-16-14-12-10-8-6-4-2)52-84-68-64(82)61(79)66(56(50-73)86-68)89-70-65(83)62(80)67(57(51-74)87-70)88-69-63(81)60(78)59(77)55(49-72)85-69/h6,8,12,14,18,31-33,37-40,44-47,53-57,59-70,72-75,77-83H,3-5,7,9-11,13,15-17,19-30,34-36,41-43,48-52H2,1-2H3,(H,71,76)/b8-6-,14-12-,32-31+,33-18-,39-37+,40-38-,46-44-,47-45+. The van der Waals surface area contributed by atoms with Crippen LogP contribution in [0.15, 0.2) is 97.2 Å². The largest absolute Gasteiger partial charge is 0.394 e. The van der Waals surface area contributed by atoms with Crippen molar-refractivity contribution in [2.75, 3.05) is 26.4 Å². The fourth-order valence-corrected chi connectivity index (χ4v) is 10.9. The smallest absolute Gasteiger partial charge is 0.224 e. The maximum absolute atomic E-state index is 13.3. The number of unbranched alkanes of at least 4 members (excludes halogenated alkanes) is 21. The average molecular weight is 1260 g/mol. The van der Waals surface area contributed by atoms with E-state index in [9.17, 15) is 61.0 Å². The highest BCUT2D eigenvalue weighted by molar-refractivity contribution is 5.77. The van der Waals surface area contributed by atoms with Crippen molar-refractivity contribution < 1.29 is 89.4 Å². The number of rotatable bonds is 50. The van der Waals surface area contributed by atoms with Crippen molar-refractivity contribution in [3.63, 3.8) is 0 Å². The van der Waals surface area contributed by atoms with Crippen molar-refractivity contribution in [2.45, 2.75) is 311 Å². The third-order valence-corrected chi connectivity index (χ3v) is 16.4. The number of carbonyl (C=O) groups is 1. The van der Waals surface area contributed by atoms with Crippen LogP contribution in [-0.2, 0) is 33.2 Å². The van der Waals surface area contributed by atoms with E-state index >= 15 is 0 Å². The molecule has 89 heavy (non-hydrogen) atoms. The molecule has 0 saturated carbocycles. The fraction of sp³-hybridized carbons (Fsp3) is 0.757. The zero-order valence-corrected chi connectivity index (χ0v) is 53.9. The zero-order valence-electron chi connectivity index (χ0n) is 53.9. The molecule has 0 aromatic heterocycles. The number of hydrogen-bond acceptors (Lipinski definition) is 18. The SMILES string of the molecule is CC/C=C\C/C=C\C/C=C\C/C=C\C/C=C\CC(=O)NC(COC1OC(CO)C(OC2OC(CO)C(OC3OC(CO)C(O)C(O)C3O)C(O)C2O)C(O)C1O)C(O)/C=C/CC/C=C/CC/C=C/CCCCCCCCCCCCCCCCCCCCC. The Balaban J connectivity index is 1.46. The van der Waals surface area contributed by atoms with Crippen LogP contribution in [0.3, 0.4) is 0 Å². The minimum absolute atomic E-state index is 0.00548. The third kappa shape index (κ3) is 33.4. The van der Waals surface area contributed by atoms with E-state index in [1.54, 1.807) is 12.2 Å². The summed E-state index contributed by atoms with van der Waals surface area (Å²) in [5, 5.41) is 120. The van der Waals surface area contributed by atoms with Crippen LogP contribution in [0.25, 0.3) is 0 Å². The molecule has 12 N–H and O–H groups in total. The van der Waals surface area contributed by atoms with Gasteiger partial charge in [0.05, 0.1) is 38.6 Å². The van der Waals surface area contributed by atoms with Gasteiger partial charge in [0.25, 0.3) is 0 Å². The quantitative estimate of drug-likeness (QED) is 0.0201. The third-order valence-electron chi connectivity index (χ3n) is 16.4. The summed E-state index contributed by atoms with van der Waals surface area (Å²) in [4.78, 5) is 13.3. The number of allylic oxidation sites excluding steroid dienone is 14. The molecule has 19 nitrogen and oxygen atoms in total. The average Bonchev–Trinajstić information content (AvgIpc) is 1.97. The number of amides is 1. The summed E-state index contributed by atoms with van der Waals surface area (Å²) in [6, 6.07) is -1.06. The summed E-state index contributed by atoms with van der Waals surface area (Å²) in [6.07, 6.45) is 40.1. The molecule has 0 radical (unpaired) electrons. The Kier molecular flexibility index (Phi) is 46.0. The predicted octanol–water partition coefficient (Wildman–Crippen LogP) is 8.49. The van der Waals surface area contributed by atoms with Gasteiger partial charge >= 0.3 is 0 Å². The Bertz CT molecular complexity index is 1990. The first-order valence-corrected chi connectivity index (χ1v) is 34.0. The van der Waals surface area contributed by atoms with Crippen LogP contribution in [0.1, 0.15) is 206 Å². The summed E-state index contributed by atoms with van der Waals surface area (Å²) < 4.78 is 34.2. The molecule has 0 spiro atoms. The Morgan fingerprint density at radius 1 is 0.416 bits per heavy atom. The number of hydrogen-bond donors (Lipinski definition) is 12. The number of ether oxygens (including phenoxy) is 6. The van der Waals surface area contributed by atoms with Crippen LogP contribution < -0.4 is 5.32 Å². The molecule has 19 heteroatoms. The lowest BCUT2D eigenvalue weighted by Gasteiger charge is -2.48. The van der Waals surface area contributed by atoms with Gasteiger partial charge in [-0.3, -0.25) is 4.79 Å². The molecule has 1 amide bonds. The molecule has 0 aromatic rings. The minimum atomic E-state index is -2.00. The molecule has 0 bridgehead atoms. The molecular formula is C70H119NO18. The van der Waals surface area contributed by atoms with E-state index < -0.39 is 137 Å². The van der Waals surface area contributed by atoms with Crippen molar-refractivity contribution in [1.29, 1.82) is 0 Å². The van der Waals surface area contributed by atoms with E-state index in [0.29, 0.717) is 12.8 Å². The molecule has 17 atom stereocenters. The molecular weight excluding hydrogens is 1140 g/mol. The lowest BCUT2D eigenvalue weighted by molar-refractivity contribution is -0.379. The lowest BCUT2D eigenvalue weighted by Crippen LogP contribution is -2.66. The Morgan fingerprint density at radius 2 is 0.787 bits per heavy atom. The summed E-state index contributed by atoms with van der Waals surface area (Å²) in [5.74, 6) is -0.419. The van der Waals surface area contributed by atoms with Gasteiger partial charge in [-0.25, -0.2) is 0 Å². The lowest BCUT2D eigenvalue weighted by atomic mass is 9.96. The number of aliphatic hydroxyl groups is 11. The highest BCUT2D eigenvalue weighted by Crippen LogP contribution is 2.33. The first-order valence-electron chi connectivity index (χ1n) is 34.0. The summed E-state index contributed by atoms with van der Waals surface area (Å²) in [6.45, 7) is 1.51. The molecule has 0 aromatic carbocycles. The molecule has 3 saturated heterocycles. The van der Waals surface area contributed by atoms with Gasteiger partial charge in [-0.05, 0) is 70.6 Å². The van der Waals surface area contributed by atoms with E-state index in [1.165, 1.54) is 122 Å². The maximum atomic E-state index is 13.3. The van der Waals surface area contributed by atoms with Gasteiger partial charge in [0, 0.05) is 6.42 Å². The highest BCUT2D eigenvalue weighted by Gasteiger charge is 2.53. The normalized spacial score (nSPS) is 28.8. The highest BCUT2D eigenvalue weighted by atomic mass is 16.8. The second-order valence-corrected chi connectivity index (χ2v) is 23.9. The summed E-state index contributed by atoms with van der Waals surface area (Å²) in [7, 11) is 0. The van der Waals surface area contributed by atoms with Gasteiger partial charge in [-0.1, -0.05) is 227 Å². The van der Waals surface area contributed by atoms with Gasteiger partial charge in [-0.15, -0.1) is 0 Å². The first-order chi connectivity index (χ1) is 43.3. The Labute approximate surface area is 533 Å². The van der Waals surface area contributed by atoms with Crippen molar-refractivity contribution in [1.82, 2.24) is 5.32 Å². The monoisotopic (exact) mass is 1260 g/mol. The Hall–Kier alpha value is -3.29. The van der Waals surface area contributed by atoms with Gasteiger partial charge in [0.15, 0.2) is 18.9 Å². The summed E-state index contributed by atoms with van der Waals surface area (Å²) in [5.41, 5.74) is 0. The minimum Gasteiger partial charge on any atom is -0.394 e. The van der Waals surface area contributed by atoms with E-state index in [0.717, 1.165) is 51.4 Å². The van der Waals surface area contributed by atoms with Crippen LogP contribution in [0.5, 0.6) is 0 Å². The van der Waals surface area contributed by atoms with Crippen LogP contribution in [0, 0.1) is 0 Å². The molecule has 512 valence electrons. The molecule has 3 aliphatic heterocycles. The second-order valence-electron chi connectivity index (χ2n) is 23.9. The van der Waals surface area contributed by atoms with Crippen molar-refractivity contribution >= 4 is 5.91 Å². The zero-order chi connectivity index (χ0) is 64.7. The number of carbonyl (C=O) groups excluding carboxylic acids is 1. The molecule has 3 heterocycles. The fourth-order valence-electron chi connectivity index (χ4n) is 10.9. The predicted molar refractivity (Wildman–Crippen MR) is 346 cm³/mol. The number of aliphatic hydroxyl groups excluding tert-OH is 11. The molecule has 3 aliphatic rings. The van der Waals surface area contributed by atoms with Gasteiger partial charge in [-0.2, -0.15) is 0 Å². The van der Waals surface area contributed by atoms with E-state index in [-0.39, 0.29) is 6.42 Å². The summed E-state index contributed by atoms with van der Waals surface area (Å²) >= 11 is 0. The maximum Gasteiger partial charge on any atom is 0.224 e. The topological polar surface area (TPSA) is 307 Å². The molecule has 17 unspecified atom stereocenters. The van der Waals surface area contributed by atoms with Crippen LogP contribution in [0.4, 0.5) is 0 Å². The van der Waals surface area contributed by atoms with Gasteiger partial charge in [0.1, 0.15) is 73.2 Å². The Morgan fingerprint density at radius 3 is 1.24 bits per heavy atom. The van der Waals surface area contributed by atoms with Gasteiger partial charge < -0.3 is 89.9 Å². The number of nitrogens with one attached hydrogen (secondary N) is 1. The van der Waals surface area contributed by atoms with Gasteiger partial charge in [0.2, 0.25) is 5.91 Å². The first kappa shape index (κ1) is 79.9. The van der Waals surface area contributed by atoms with Crippen molar-refractivity contribution in [3.05, 3.63) is 97.2 Å². The van der Waals surface area contributed by atoms with Crippen LogP contribution in [0.2, 0.25) is 0 Å². The molecule has 3 rings (SSSR count). The second kappa shape index (κ2) is 51.2. The van der Waals surface area contributed by atoms with Crippen molar-refractivity contribution in [2.24, 2.45) is 0 Å². The van der Waals surface area contributed by atoms with Crippen LogP contribution in [-0.4, -0.2) is 193 Å². The van der Waals surface area contributed by atoms with E-state index in [1.807, 2.05) is 24.3 Å². The van der Waals surface area contributed by atoms with E-state index in [2.05, 4.69) is 79.9 Å². The van der Waals surface area contributed by atoms with E-state index in [4.69, 9.17) is 28.4 Å². The molecule has 0 aliphatic carbocycles. The van der Waals surface area contributed by atoms with Crippen molar-refractivity contribution in [3.8, 4) is 0 Å². The van der Waals surface area contributed by atoms with Crippen LogP contribution >= 0.6 is 0 Å². The molecule has 3 fully saturated rings.